The molecule has 3 aliphatic heterocycles. The van der Waals surface area contributed by atoms with E-state index in [1.165, 1.54) is 249 Å². The van der Waals surface area contributed by atoms with Gasteiger partial charge in [0.05, 0.1) is 66.4 Å². The van der Waals surface area contributed by atoms with Crippen molar-refractivity contribution in [2.75, 3.05) is 0 Å². The van der Waals surface area contributed by atoms with Crippen LogP contribution in [0.15, 0.2) is 431 Å². The maximum Gasteiger partial charge on any atom is 0.0748 e. The molecule has 3 aliphatic carbocycles. The van der Waals surface area contributed by atoms with Crippen LogP contribution >= 0.6 is 0 Å². The van der Waals surface area contributed by atoms with Crippen molar-refractivity contribution in [3.05, 3.63) is 542 Å². The quantitative estimate of drug-likeness (QED) is 0.151. The fourth-order valence-corrected chi connectivity index (χ4v) is 27.3. The average molecular weight is 1670 g/mol. The number of benzene rings is 20. The van der Waals surface area contributed by atoms with Crippen LogP contribution in [0.4, 0.5) is 0 Å². The van der Waals surface area contributed by atoms with Gasteiger partial charge in [-0.25, -0.2) is 0 Å². The maximum absolute atomic E-state index is 2.65. The first-order valence-corrected chi connectivity index (χ1v) is 46.7. The molecular weight excluding hydrogens is 1580 g/mol. The Morgan fingerprint density at radius 1 is 0.183 bits per heavy atom. The van der Waals surface area contributed by atoms with Gasteiger partial charge in [0, 0.05) is 48.6 Å². The van der Waals surface area contributed by atoms with Gasteiger partial charge in [0.25, 0.3) is 0 Å². The fraction of sp³-hybridized carbons (Fsp3) is 0.0938. The lowest BCUT2D eigenvalue weighted by molar-refractivity contribution is 0.510. The summed E-state index contributed by atoms with van der Waals surface area (Å²) in [6.07, 6.45) is 1.52. The van der Waals surface area contributed by atoms with E-state index in [1.807, 2.05) is 0 Å². The second kappa shape index (κ2) is 26.1. The van der Waals surface area contributed by atoms with E-state index in [4.69, 9.17) is 0 Å². The lowest BCUT2D eigenvalue weighted by Crippen LogP contribution is -2.45. The van der Waals surface area contributed by atoms with E-state index < -0.39 is 27.1 Å². The number of para-hydroxylation sites is 7. The molecule has 614 valence electrons. The van der Waals surface area contributed by atoms with Gasteiger partial charge in [-0.2, -0.15) is 0 Å². The highest BCUT2D eigenvalue weighted by atomic mass is 15.0. The third kappa shape index (κ3) is 9.23. The second-order valence-corrected chi connectivity index (χ2v) is 39.1. The first-order valence-electron chi connectivity index (χ1n) is 46.7. The monoisotopic (exact) mass is 1670 g/mol. The summed E-state index contributed by atoms with van der Waals surface area (Å²) in [5, 5.41) is 12.6. The Kier molecular flexibility index (Phi) is 14.6. The molecule has 5 unspecified atom stereocenters. The smallest absolute Gasteiger partial charge is 0.0748 e. The van der Waals surface area contributed by atoms with E-state index in [0.717, 1.165) is 12.8 Å². The molecule has 0 saturated heterocycles. The highest BCUT2D eigenvalue weighted by Gasteiger charge is 2.58. The predicted octanol–water partition coefficient (Wildman–Crippen LogP) is 30.7. The second-order valence-electron chi connectivity index (χ2n) is 39.1. The maximum atomic E-state index is 2.65. The molecule has 0 saturated carbocycles. The Labute approximate surface area is 760 Å². The van der Waals surface area contributed by atoms with Crippen molar-refractivity contribution in [2.45, 2.75) is 73.0 Å². The Morgan fingerprint density at radius 2 is 0.519 bits per heavy atom. The average Bonchev–Trinajstić information content (AvgIpc) is 1.65. The van der Waals surface area contributed by atoms with E-state index in [-0.39, 0.29) is 5.41 Å². The Balaban J connectivity index is 0.615. The van der Waals surface area contributed by atoms with Crippen LogP contribution in [-0.4, -0.2) is 13.7 Å². The Hall–Kier alpha value is -15.7. The van der Waals surface area contributed by atoms with Crippen LogP contribution < -0.4 is 0 Å². The van der Waals surface area contributed by atoms with Crippen molar-refractivity contribution in [1.29, 1.82) is 0 Å². The standard InChI is InChI=1S/C128H87N3/c1-123(2)96-42-13-16-45-102(96)126(111-74-86(62-65-97(111)123)84-61-60-81-32-8-9-34-83(81)72-84)105-48-19-24-56-118(105)130-115-68-59-79(71-94(115)92-40-28-52-109(126)121(92)130)77-125(4)99-44-15-18-47-104(99)128(113-75-87(64-67-101(113)125)89-38-26-35-82-33-10-11-36-88(82)89)107-50-21-25-57-119(107)131-116-69-58-78(70-95(116)93-41-29-53-110(128)122(93)131)76-124(3)98-43-14-17-46-103(98)127(112-73-85(63-66-100(112)124)80-30-6-5-7-31-80)106-49-20-23-55-117(106)129-114-54-22-12-37-90(114)91-39-27-51-108(127)120(91)129/h5-75H,76-77H2,1-4H3. The highest BCUT2D eigenvalue weighted by Crippen LogP contribution is 2.67. The molecule has 3 nitrogen and oxygen atoms in total. The van der Waals surface area contributed by atoms with E-state index in [9.17, 15) is 0 Å². The molecular formula is C128H87N3. The summed E-state index contributed by atoms with van der Waals surface area (Å²) in [5.74, 6) is 0. The summed E-state index contributed by atoms with van der Waals surface area (Å²) < 4.78 is 7.86. The predicted molar refractivity (Wildman–Crippen MR) is 542 cm³/mol. The summed E-state index contributed by atoms with van der Waals surface area (Å²) in [6.45, 7) is 10.0. The van der Waals surface area contributed by atoms with Gasteiger partial charge in [-0.3, -0.25) is 0 Å². The van der Waals surface area contributed by atoms with Crippen molar-refractivity contribution >= 4 is 87.0 Å². The molecule has 20 aromatic carbocycles. The minimum atomic E-state index is -0.780. The number of aromatic nitrogens is 3. The van der Waals surface area contributed by atoms with Crippen LogP contribution in [0.3, 0.4) is 0 Å². The fourth-order valence-electron chi connectivity index (χ4n) is 27.3. The van der Waals surface area contributed by atoms with Gasteiger partial charge < -0.3 is 13.7 Å². The number of hydrogen-bond acceptors (Lipinski definition) is 0. The Bertz CT molecular complexity index is 9020. The van der Waals surface area contributed by atoms with Crippen LogP contribution in [0, 0.1) is 0 Å². The zero-order chi connectivity index (χ0) is 86.3. The molecule has 5 atom stereocenters. The van der Waals surface area contributed by atoms with Crippen molar-refractivity contribution in [1.82, 2.24) is 13.7 Å². The third-order valence-corrected chi connectivity index (χ3v) is 32.7. The van der Waals surface area contributed by atoms with Crippen LogP contribution in [0.5, 0.6) is 0 Å². The topological polar surface area (TPSA) is 14.8 Å². The Morgan fingerprint density at radius 3 is 1.06 bits per heavy atom. The lowest BCUT2D eigenvalue weighted by atomic mass is 9.52. The number of hydrogen-bond donors (Lipinski definition) is 0. The molecule has 131 heavy (non-hydrogen) atoms. The first-order chi connectivity index (χ1) is 64.4. The lowest BCUT2D eigenvalue weighted by Gasteiger charge is -2.51. The van der Waals surface area contributed by atoms with Crippen molar-refractivity contribution in [2.24, 2.45) is 0 Å². The molecule has 3 spiro atoms. The summed E-state index contributed by atoms with van der Waals surface area (Å²) >= 11 is 0. The largest absolute Gasteiger partial charge is 0.309 e. The third-order valence-electron chi connectivity index (χ3n) is 32.7. The van der Waals surface area contributed by atoms with Crippen molar-refractivity contribution in [3.8, 4) is 50.4 Å². The minimum Gasteiger partial charge on any atom is -0.309 e. The normalized spacial score (nSPS) is 19.3. The van der Waals surface area contributed by atoms with E-state index >= 15 is 0 Å². The zero-order valence-corrected chi connectivity index (χ0v) is 73.2. The highest BCUT2D eigenvalue weighted by molar-refractivity contribution is 6.16. The summed E-state index contributed by atoms with van der Waals surface area (Å²) in [5.41, 5.74) is 41.6. The van der Waals surface area contributed by atoms with Crippen LogP contribution in [0.1, 0.15) is 139 Å². The summed E-state index contributed by atoms with van der Waals surface area (Å²) in [7, 11) is 0. The van der Waals surface area contributed by atoms with E-state index in [1.54, 1.807) is 0 Å². The van der Waals surface area contributed by atoms with Gasteiger partial charge in [0.2, 0.25) is 0 Å². The minimum absolute atomic E-state index is 0.283. The van der Waals surface area contributed by atoms with Crippen LogP contribution in [-0.2, 0) is 45.3 Å². The molecule has 0 radical (unpaired) electrons. The van der Waals surface area contributed by atoms with Crippen molar-refractivity contribution < 1.29 is 0 Å². The van der Waals surface area contributed by atoms with E-state index in [0.29, 0.717) is 0 Å². The van der Waals surface area contributed by atoms with Gasteiger partial charge >= 0.3 is 0 Å². The summed E-state index contributed by atoms with van der Waals surface area (Å²) in [4.78, 5) is 0. The molecule has 0 fully saturated rings. The molecule has 3 heteroatoms. The molecule has 0 amide bonds. The van der Waals surface area contributed by atoms with Crippen molar-refractivity contribution in [3.63, 3.8) is 0 Å². The molecule has 29 rings (SSSR count). The van der Waals surface area contributed by atoms with Gasteiger partial charge in [0.15, 0.2) is 0 Å². The molecule has 3 aromatic heterocycles. The number of fused-ring (bicyclic) bond motifs is 35. The van der Waals surface area contributed by atoms with E-state index in [2.05, 4.69) is 472 Å². The molecule has 6 aliphatic rings. The molecule has 6 heterocycles. The number of rotatable bonds is 7. The van der Waals surface area contributed by atoms with Gasteiger partial charge in [-0.1, -0.05) is 386 Å². The van der Waals surface area contributed by atoms with Crippen LogP contribution in [0.25, 0.3) is 137 Å². The van der Waals surface area contributed by atoms with Gasteiger partial charge in [0.1, 0.15) is 0 Å². The molecule has 0 bridgehead atoms. The van der Waals surface area contributed by atoms with Gasteiger partial charge in [-0.15, -0.1) is 0 Å². The SMILES string of the molecule is CC1(C)c2ccccc2C2(c3ccccc3-n3c4ccc(CC5(C)c6ccccc6C6(c7ccccc7-n7c8ccc(CC9(C)c%10ccccc%10C%10(c%11ccccc%11-n%11c%12ccccc%12c%12cccc%10c%12%11)c%10cc(-c%11ccccc%11)ccc%109)cc8c8cccc6c87)c6cc(-c7cccc8ccccc78)ccc65)cc4c4cccc2c43)c2cc(-c3ccc4ccccc4c3)ccc21. The zero-order valence-electron chi connectivity index (χ0n) is 73.2. The molecule has 23 aromatic rings. The number of nitrogens with zero attached hydrogens (tertiary/aromatic N) is 3. The van der Waals surface area contributed by atoms with Crippen LogP contribution in [0.2, 0.25) is 0 Å². The van der Waals surface area contributed by atoms with Gasteiger partial charge in [-0.05, 0) is 252 Å². The molecule has 0 N–H and O–H groups in total. The first kappa shape index (κ1) is 73.4. The summed E-state index contributed by atoms with van der Waals surface area (Å²) in [6, 6.07) is 168.